The zero-order valence-electron chi connectivity index (χ0n) is 19.6. The van der Waals surface area contributed by atoms with Crippen LogP contribution in [0.15, 0.2) is 11.6 Å². The minimum Gasteiger partial charge on any atom is -0.197 e. The Kier molecular flexibility index (Phi) is 9.14. The summed E-state index contributed by atoms with van der Waals surface area (Å²) in [5, 5.41) is 10.1. The zero-order chi connectivity index (χ0) is 20.5. The molecule has 2 saturated carbocycles. The van der Waals surface area contributed by atoms with E-state index in [4.69, 9.17) is 0 Å². The van der Waals surface area contributed by atoms with Gasteiger partial charge in [0.2, 0.25) is 0 Å². The van der Waals surface area contributed by atoms with Gasteiger partial charge >= 0.3 is 0 Å². The van der Waals surface area contributed by atoms with E-state index >= 15 is 0 Å². The van der Waals surface area contributed by atoms with E-state index in [1.54, 1.807) is 0 Å². The summed E-state index contributed by atoms with van der Waals surface area (Å²) >= 11 is 0. The molecule has 0 amide bonds. The van der Waals surface area contributed by atoms with E-state index in [1.807, 2.05) is 0 Å². The van der Waals surface area contributed by atoms with Gasteiger partial charge in [-0.05, 0) is 81.5 Å². The Hall–Kier alpha value is -0.770. The Morgan fingerprint density at radius 3 is 2.07 bits per heavy atom. The summed E-state index contributed by atoms with van der Waals surface area (Å²) in [5.74, 6) is 3.79. The maximum Gasteiger partial charge on any atom is 0.0782 e. The fourth-order valence-electron chi connectivity index (χ4n) is 6.82. The predicted molar refractivity (Wildman–Crippen MR) is 125 cm³/mol. The van der Waals surface area contributed by atoms with Crippen molar-refractivity contribution < 1.29 is 0 Å². The first-order valence-corrected chi connectivity index (χ1v) is 13.3. The van der Waals surface area contributed by atoms with Gasteiger partial charge in [0.25, 0.3) is 0 Å². The molecule has 0 spiro atoms. The minimum absolute atomic E-state index is 0.0937. The lowest BCUT2D eigenvalue weighted by Gasteiger charge is -2.42. The molecule has 0 radical (unpaired) electrons. The number of rotatable bonds is 9. The van der Waals surface area contributed by atoms with Gasteiger partial charge in [-0.25, -0.2) is 0 Å². The Balaban J connectivity index is 1.45. The molecule has 0 bridgehead atoms. The molecule has 0 unspecified atom stereocenters. The maximum atomic E-state index is 10.1. The number of unbranched alkanes of at least 4 members (excludes halogenated alkanes) is 3. The van der Waals surface area contributed by atoms with Gasteiger partial charge in [0.1, 0.15) is 0 Å². The summed E-state index contributed by atoms with van der Waals surface area (Å²) in [6.07, 6.45) is 26.9. The predicted octanol–water partition coefficient (Wildman–Crippen LogP) is 8.99. The lowest BCUT2D eigenvalue weighted by Crippen LogP contribution is -2.33. The van der Waals surface area contributed by atoms with Crippen molar-refractivity contribution >= 4 is 0 Å². The fourth-order valence-corrected chi connectivity index (χ4v) is 6.82. The number of hydrogen-bond acceptors (Lipinski definition) is 1. The van der Waals surface area contributed by atoms with Crippen LogP contribution in [-0.4, -0.2) is 0 Å². The van der Waals surface area contributed by atoms with Crippen LogP contribution in [0.2, 0.25) is 0 Å². The Morgan fingerprint density at radius 2 is 1.48 bits per heavy atom. The molecule has 0 N–H and O–H groups in total. The molecule has 164 valence electrons. The lowest BCUT2D eigenvalue weighted by molar-refractivity contribution is 0.130. The molecule has 2 fully saturated rings. The number of allylic oxidation sites excluding steroid dienone is 2. The summed E-state index contributed by atoms with van der Waals surface area (Å²) in [6, 6.07) is 2.84. The van der Waals surface area contributed by atoms with Crippen LogP contribution in [0.4, 0.5) is 0 Å². The molecule has 0 aromatic heterocycles. The second-order valence-electron chi connectivity index (χ2n) is 10.8. The molecule has 0 aliphatic heterocycles. The van der Waals surface area contributed by atoms with Crippen molar-refractivity contribution in [1.29, 1.82) is 5.26 Å². The first-order chi connectivity index (χ1) is 14.2. The highest BCUT2D eigenvalue weighted by molar-refractivity contribution is 5.26. The molecule has 29 heavy (non-hydrogen) atoms. The second-order valence-corrected chi connectivity index (χ2v) is 10.8. The van der Waals surface area contributed by atoms with Crippen molar-refractivity contribution in [3.63, 3.8) is 0 Å². The third-order valence-corrected chi connectivity index (χ3v) is 8.97. The molecule has 1 nitrogen and oxygen atoms in total. The summed E-state index contributed by atoms with van der Waals surface area (Å²) < 4.78 is 0. The highest BCUT2D eigenvalue weighted by atomic mass is 14.5. The molecule has 0 heterocycles. The van der Waals surface area contributed by atoms with Crippen molar-refractivity contribution in [2.24, 2.45) is 29.1 Å². The van der Waals surface area contributed by atoms with Gasteiger partial charge in [0.05, 0.1) is 11.5 Å². The van der Waals surface area contributed by atoms with E-state index in [2.05, 4.69) is 26.0 Å². The fraction of sp³-hybridized carbons (Fsp3) is 0.893. The molecule has 1 heteroatoms. The normalized spacial score (nSPS) is 35.7. The molecule has 0 aromatic rings. The molecule has 3 aliphatic carbocycles. The lowest BCUT2D eigenvalue weighted by atomic mass is 9.61. The van der Waals surface area contributed by atoms with Gasteiger partial charge < -0.3 is 0 Å². The second kappa shape index (κ2) is 11.6. The highest BCUT2D eigenvalue weighted by Gasteiger charge is 2.41. The molecular formula is C28H47N. The van der Waals surface area contributed by atoms with E-state index < -0.39 is 0 Å². The quantitative estimate of drug-likeness (QED) is 0.281. The van der Waals surface area contributed by atoms with Crippen LogP contribution in [0.1, 0.15) is 129 Å². The van der Waals surface area contributed by atoms with Gasteiger partial charge in [0.15, 0.2) is 0 Å². The van der Waals surface area contributed by atoms with Gasteiger partial charge in [-0.2, -0.15) is 5.26 Å². The SMILES string of the molecule is CCCCCC1CCC(C2CCC(C#N)(C3=CC[C@H](CCCC)CC3)CC2)CC1. The molecule has 0 saturated heterocycles. The van der Waals surface area contributed by atoms with Crippen molar-refractivity contribution in [1.82, 2.24) is 0 Å². The Morgan fingerprint density at radius 1 is 0.828 bits per heavy atom. The van der Waals surface area contributed by atoms with Crippen LogP contribution >= 0.6 is 0 Å². The average molecular weight is 398 g/mol. The van der Waals surface area contributed by atoms with E-state index in [0.29, 0.717) is 0 Å². The van der Waals surface area contributed by atoms with E-state index in [0.717, 1.165) is 36.5 Å². The van der Waals surface area contributed by atoms with Crippen LogP contribution in [0.5, 0.6) is 0 Å². The van der Waals surface area contributed by atoms with Gasteiger partial charge in [-0.1, -0.05) is 83.3 Å². The maximum absolute atomic E-state index is 10.1. The topological polar surface area (TPSA) is 23.8 Å². The van der Waals surface area contributed by atoms with Crippen molar-refractivity contribution in [3.05, 3.63) is 11.6 Å². The van der Waals surface area contributed by atoms with E-state index in [9.17, 15) is 5.26 Å². The summed E-state index contributed by atoms with van der Waals surface area (Å²) in [5.41, 5.74) is 1.44. The average Bonchev–Trinajstić information content (AvgIpc) is 2.79. The van der Waals surface area contributed by atoms with Crippen LogP contribution in [-0.2, 0) is 0 Å². The molecule has 3 rings (SSSR count). The van der Waals surface area contributed by atoms with Gasteiger partial charge in [0, 0.05) is 0 Å². The van der Waals surface area contributed by atoms with Crippen molar-refractivity contribution in [2.45, 2.75) is 129 Å². The smallest absolute Gasteiger partial charge is 0.0782 e. The third kappa shape index (κ3) is 6.12. The number of nitrogens with zero attached hydrogens (tertiary/aromatic N) is 1. The standard InChI is InChI=1S/C28H47N/c1-3-5-7-9-24-10-14-25(15-11-24)26-18-20-28(22-29,21-19-26)27-16-12-23(13-17-27)8-6-4-2/h16,23-26H,3-15,17-21H2,1-2H3/t23-,24?,25?,26?,28?/m0/s1. The van der Waals surface area contributed by atoms with Crippen LogP contribution in [0.25, 0.3) is 0 Å². The zero-order valence-corrected chi connectivity index (χ0v) is 19.6. The van der Waals surface area contributed by atoms with Crippen LogP contribution < -0.4 is 0 Å². The van der Waals surface area contributed by atoms with Crippen LogP contribution in [0, 0.1) is 40.4 Å². The highest BCUT2D eigenvalue weighted by Crippen LogP contribution is 2.51. The first kappa shape index (κ1) is 22.9. The van der Waals surface area contributed by atoms with Gasteiger partial charge in [-0.3, -0.25) is 0 Å². The summed E-state index contributed by atoms with van der Waals surface area (Å²) in [7, 11) is 0. The monoisotopic (exact) mass is 397 g/mol. The third-order valence-electron chi connectivity index (χ3n) is 8.97. The Labute approximate surface area is 181 Å². The van der Waals surface area contributed by atoms with Crippen molar-refractivity contribution in [2.75, 3.05) is 0 Å². The van der Waals surface area contributed by atoms with Gasteiger partial charge in [-0.15, -0.1) is 0 Å². The summed E-state index contributed by atoms with van der Waals surface area (Å²) in [4.78, 5) is 0. The molecule has 1 atom stereocenters. The first-order valence-electron chi connectivity index (χ1n) is 13.3. The number of nitriles is 1. The molecular weight excluding hydrogens is 350 g/mol. The van der Waals surface area contributed by atoms with E-state index in [-0.39, 0.29) is 5.41 Å². The molecule has 0 aromatic carbocycles. The molecule has 3 aliphatic rings. The van der Waals surface area contributed by atoms with E-state index in [1.165, 1.54) is 108 Å². The van der Waals surface area contributed by atoms with Crippen LogP contribution in [0.3, 0.4) is 0 Å². The number of hydrogen-bond donors (Lipinski definition) is 0. The van der Waals surface area contributed by atoms with Crippen molar-refractivity contribution in [3.8, 4) is 6.07 Å². The Bertz CT molecular complexity index is 537. The minimum atomic E-state index is -0.0937. The summed E-state index contributed by atoms with van der Waals surface area (Å²) in [6.45, 7) is 4.61. The largest absolute Gasteiger partial charge is 0.197 e.